The Balaban J connectivity index is 1.64. The number of nitrogens with two attached hydrogens (primary N) is 1. The SMILES string of the molecule is NC(=O)Cc1csc(NC(=O)c2ccccc2OC[C@H]2CCCO2)n1. The van der Waals surface area contributed by atoms with Crippen molar-refractivity contribution >= 4 is 28.3 Å². The van der Waals surface area contributed by atoms with Gasteiger partial charge in [-0.15, -0.1) is 11.3 Å². The molecule has 1 saturated heterocycles. The molecule has 1 aliphatic rings. The number of hydrogen-bond acceptors (Lipinski definition) is 6. The van der Waals surface area contributed by atoms with Crippen molar-refractivity contribution in [1.82, 2.24) is 4.98 Å². The maximum absolute atomic E-state index is 12.5. The summed E-state index contributed by atoms with van der Waals surface area (Å²) in [5.74, 6) is -0.275. The Hall–Kier alpha value is -2.45. The van der Waals surface area contributed by atoms with Gasteiger partial charge in [0.1, 0.15) is 12.4 Å². The van der Waals surface area contributed by atoms with Crippen LogP contribution in [0.3, 0.4) is 0 Å². The van der Waals surface area contributed by atoms with Crippen LogP contribution in [0.5, 0.6) is 5.75 Å². The van der Waals surface area contributed by atoms with Crippen molar-refractivity contribution in [2.24, 2.45) is 5.73 Å². The molecule has 0 radical (unpaired) electrons. The molecule has 1 aliphatic heterocycles. The highest BCUT2D eigenvalue weighted by atomic mass is 32.1. The van der Waals surface area contributed by atoms with E-state index in [1.807, 2.05) is 6.07 Å². The third-order valence-electron chi connectivity index (χ3n) is 3.71. The predicted molar refractivity (Wildman–Crippen MR) is 93.9 cm³/mol. The van der Waals surface area contributed by atoms with Crippen LogP contribution in [0.2, 0.25) is 0 Å². The van der Waals surface area contributed by atoms with Gasteiger partial charge in [0.05, 0.1) is 23.8 Å². The molecule has 0 bridgehead atoms. The van der Waals surface area contributed by atoms with Crippen molar-refractivity contribution in [3.05, 3.63) is 40.9 Å². The van der Waals surface area contributed by atoms with Crippen molar-refractivity contribution in [2.45, 2.75) is 25.4 Å². The fraction of sp³-hybridized carbons (Fsp3) is 0.353. The molecule has 3 rings (SSSR count). The number of hydrogen-bond donors (Lipinski definition) is 2. The van der Waals surface area contributed by atoms with Crippen LogP contribution in [0.15, 0.2) is 29.6 Å². The van der Waals surface area contributed by atoms with Gasteiger partial charge in [-0.1, -0.05) is 12.1 Å². The van der Waals surface area contributed by atoms with Gasteiger partial charge < -0.3 is 15.2 Å². The van der Waals surface area contributed by atoms with E-state index in [9.17, 15) is 9.59 Å². The van der Waals surface area contributed by atoms with Crippen molar-refractivity contribution in [2.75, 3.05) is 18.5 Å². The van der Waals surface area contributed by atoms with Crippen LogP contribution in [0, 0.1) is 0 Å². The first kappa shape index (κ1) is 17.4. The second kappa shape index (κ2) is 8.09. The number of ether oxygens (including phenoxy) is 2. The Morgan fingerprint density at radius 3 is 3.00 bits per heavy atom. The molecule has 7 nitrogen and oxygen atoms in total. The standard InChI is InChI=1S/C17H19N3O4S/c18-15(21)8-11-10-25-17(19-11)20-16(22)13-5-1-2-6-14(13)24-9-12-4-3-7-23-12/h1-2,5-6,10,12H,3-4,7-9H2,(H2,18,21)(H,19,20,22)/t12-/m1/s1. The fourth-order valence-corrected chi connectivity index (χ4v) is 3.23. The lowest BCUT2D eigenvalue weighted by Crippen LogP contribution is -2.19. The molecule has 2 heterocycles. The highest BCUT2D eigenvalue weighted by Crippen LogP contribution is 2.23. The molecule has 0 aliphatic carbocycles. The predicted octanol–water partition coefficient (Wildman–Crippen LogP) is 1.98. The maximum atomic E-state index is 12.5. The van der Waals surface area contributed by atoms with Gasteiger partial charge in [0.15, 0.2) is 5.13 Å². The lowest BCUT2D eigenvalue weighted by molar-refractivity contribution is -0.117. The molecular weight excluding hydrogens is 342 g/mol. The van der Waals surface area contributed by atoms with Crippen LogP contribution < -0.4 is 15.8 Å². The Kier molecular flexibility index (Phi) is 5.62. The number of primary amides is 1. The van der Waals surface area contributed by atoms with Crippen molar-refractivity contribution in [3.63, 3.8) is 0 Å². The van der Waals surface area contributed by atoms with Crippen LogP contribution in [0.25, 0.3) is 0 Å². The number of rotatable bonds is 7. The van der Waals surface area contributed by atoms with Gasteiger partial charge >= 0.3 is 0 Å². The number of thiazole rings is 1. The number of carbonyl (C=O) groups excluding carboxylic acids is 2. The van der Waals surface area contributed by atoms with Gasteiger partial charge in [0.2, 0.25) is 5.91 Å². The third-order valence-corrected chi connectivity index (χ3v) is 4.51. The minimum atomic E-state index is -0.462. The normalized spacial score (nSPS) is 16.6. The number of benzene rings is 1. The van der Waals surface area contributed by atoms with E-state index in [2.05, 4.69) is 10.3 Å². The number of nitrogens with zero attached hydrogens (tertiary/aromatic N) is 1. The quantitative estimate of drug-likeness (QED) is 0.785. The van der Waals surface area contributed by atoms with E-state index in [1.165, 1.54) is 11.3 Å². The van der Waals surface area contributed by atoms with Gasteiger partial charge in [-0.2, -0.15) is 0 Å². The molecule has 1 aromatic carbocycles. The van der Waals surface area contributed by atoms with Crippen LogP contribution in [0.1, 0.15) is 28.9 Å². The minimum Gasteiger partial charge on any atom is -0.490 e. The molecule has 0 unspecified atom stereocenters. The second-order valence-electron chi connectivity index (χ2n) is 5.68. The molecule has 1 aromatic heterocycles. The van der Waals surface area contributed by atoms with Crippen LogP contribution in [0.4, 0.5) is 5.13 Å². The van der Waals surface area contributed by atoms with Crippen molar-refractivity contribution < 1.29 is 19.1 Å². The van der Waals surface area contributed by atoms with Gasteiger partial charge in [-0.3, -0.25) is 14.9 Å². The molecule has 3 N–H and O–H groups in total. The molecule has 0 spiro atoms. The van der Waals surface area contributed by atoms with E-state index in [4.69, 9.17) is 15.2 Å². The highest BCUT2D eigenvalue weighted by molar-refractivity contribution is 7.14. The summed E-state index contributed by atoms with van der Waals surface area (Å²) in [5, 5.41) is 4.83. The maximum Gasteiger partial charge on any atom is 0.261 e. The highest BCUT2D eigenvalue weighted by Gasteiger charge is 2.19. The summed E-state index contributed by atoms with van der Waals surface area (Å²) in [6, 6.07) is 7.03. The first-order valence-corrected chi connectivity index (χ1v) is 8.87. The summed E-state index contributed by atoms with van der Waals surface area (Å²) in [4.78, 5) is 27.6. The monoisotopic (exact) mass is 361 g/mol. The zero-order valence-corrected chi connectivity index (χ0v) is 14.4. The first-order valence-electron chi connectivity index (χ1n) is 7.99. The van der Waals surface area contributed by atoms with Crippen LogP contribution in [-0.4, -0.2) is 36.1 Å². The third kappa shape index (κ3) is 4.77. The Labute approximate surface area is 149 Å². The van der Waals surface area contributed by atoms with E-state index in [1.54, 1.807) is 23.6 Å². The zero-order chi connectivity index (χ0) is 17.6. The number of amides is 2. The lowest BCUT2D eigenvalue weighted by atomic mass is 10.2. The van der Waals surface area contributed by atoms with Gasteiger partial charge in [0.25, 0.3) is 5.91 Å². The number of carbonyl (C=O) groups is 2. The topological polar surface area (TPSA) is 104 Å². The molecule has 8 heteroatoms. The summed E-state index contributed by atoms with van der Waals surface area (Å²) < 4.78 is 11.3. The largest absolute Gasteiger partial charge is 0.490 e. The van der Waals surface area contributed by atoms with Crippen LogP contribution in [-0.2, 0) is 16.0 Å². The number of para-hydroxylation sites is 1. The van der Waals surface area contributed by atoms with E-state index < -0.39 is 5.91 Å². The Bertz CT molecular complexity index is 756. The Morgan fingerprint density at radius 2 is 2.24 bits per heavy atom. The van der Waals surface area contributed by atoms with Gasteiger partial charge in [-0.05, 0) is 25.0 Å². The van der Waals surface area contributed by atoms with Crippen LogP contribution >= 0.6 is 11.3 Å². The summed E-state index contributed by atoms with van der Waals surface area (Å²) >= 11 is 1.24. The summed E-state index contributed by atoms with van der Waals surface area (Å²) in [7, 11) is 0. The second-order valence-corrected chi connectivity index (χ2v) is 6.54. The zero-order valence-electron chi connectivity index (χ0n) is 13.6. The first-order chi connectivity index (χ1) is 12.1. The van der Waals surface area contributed by atoms with E-state index in [-0.39, 0.29) is 18.4 Å². The summed E-state index contributed by atoms with van der Waals surface area (Å²) in [6.45, 7) is 1.18. The summed E-state index contributed by atoms with van der Waals surface area (Å²) in [5.41, 5.74) is 6.10. The average Bonchev–Trinajstić information content (AvgIpc) is 3.24. The number of aromatic nitrogens is 1. The smallest absolute Gasteiger partial charge is 0.261 e. The van der Waals surface area contributed by atoms with Crippen molar-refractivity contribution in [1.29, 1.82) is 0 Å². The molecule has 132 valence electrons. The fourth-order valence-electron chi connectivity index (χ4n) is 2.53. The van der Waals surface area contributed by atoms with Crippen molar-refractivity contribution in [3.8, 4) is 5.75 Å². The van der Waals surface area contributed by atoms with Gasteiger partial charge in [0, 0.05) is 12.0 Å². The molecule has 2 amide bonds. The average molecular weight is 361 g/mol. The molecule has 2 aromatic rings. The number of nitrogens with one attached hydrogen (secondary N) is 1. The van der Waals surface area contributed by atoms with Gasteiger partial charge in [-0.25, -0.2) is 4.98 Å². The molecule has 1 fully saturated rings. The molecule has 0 saturated carbocycles. The van der Waals surface area contributed by atoms with E-state index in [0.29, 0.717) is 28.7 Å². The molecule has 1 atom stereocenters. The molecular formula is C17H19N3O4S. The number of anilines is 1. The van der Waals surface area contributed by atoms with E-state index >= 15 is 0 Å². The summed E-state index contributed by atoms with van der Waals surface area (Å²) in [6.07, 6.45) is 2.13. The minimum absolute atomic E-state index is 0.0491. The van der Waals surface area contributed by atoms with E-state index in [0.717, 1.165) is 19.4 Å². The lowest BCUT2D eigenvalue weighted by Gasteiger charge is -2.14. The molecule has 25 heavy (non-hydrogen) atoms. The Morgan fingerprint density at radius 1 is 1.40 bits per heavy atom.